The lowest BCUT2D eigenvalue weighted by Gasteiger charge is -2.22. The first-order chi connectivity index (χ1) is 15.8. The number of nitrogens with zero attached hydrogens (tertiary/aromatic N) is 5. The van der Waals surface area contributed by atoms with Crippen LogP contribution < -0.4 is 10.6 Å². The van der Waals surface area contributed by atoms with Gasteiger partial charge in [-0.25, -0.2) is 9.97 Å². The highest BCUT2D eigenvalue weighted by Crippen LogP contribution is 2.27. The van der Waals surface area contributed by atoms with E-state index in [2.05, 4.69) is 30.8 Å². The lowest BCUT2D eigenvalue weighted by atomic mass is 10.0. The molecule has 0 spiro atoms. The molecule has 2 aromatic heterocycles. The average Bonchev–Trinajstić information content (AvgIpc) is 3.18. The molecule has 0 radical (unpaired) electrons. The molecule has 1 aromatic carbocycles. The molecule has 9 nitrogen and oxygen atoms in total. The Hall–Kier alpha value is -2.69. The molecule has 12 heteroatoms. The fourth-order valence-electron chi connectivity index (χ4n) is 3.01. The third-order valence-corrected chi connectivity index (χ3v) is 6.13. The number of carbonyl (C=O) groups excluding carboxylic acids is 2. The summed E-state index contributed by atoms with van der Waals surface area (Å²) >= 11 is 13.4. The number of amides is 2. The van der Waals surface area contributed by atoms with Gasteiger partial charge >= 0.3 is 0 Å². The van der Waals surface area contributed by atoms with Crippen LogP contribution in [-0.4, -0.2) is 42.3 Å². The van der Waals surface area contributed by atoms with E-state index in [1.54, 1.807) is 30.6 Å². The molecule has 0 saturated heterocycles. The van der Waals surface area contributed by atoms with Gasteiger partial charge in [-0.1, -0.05) is 48.8 Å². The van der Waals surface area contributed by atoms with E-state index in [1.807, 2.05) is 25.3 Å². The minimum absolute atomic E-state index is 0.0194. The minimum Gasteiger partial charge on any atom is -0.342 e. The summed E-state index contributed by atoms with van der Waals surface area (Å²) in [5.41, 5.74) is 0.323. The summed E-state index contributed by atoms with van der Waals surface area (Å²) in [6.07, 6.45) is 3.10. The van der Waals surface area contributed by atoms with Crippen molar-refractivity contribution in [2.45, 2.75) is 38.5 Å². The van der Waals surface area contributed by atoms with Crippen LogP contribution in [0.3, 0.4) is 0 Å². The largest absolute Gasteiger partial charge is 0.342 e. The Kier molecular flexibility index (Phi) is 8.65. The van der Waals surface area contributed by atoms with Gasteiger partial charge in [0.05, 0.1) is 22.4 Å². The quantitative estimate of drug-likeness (QED) is 0.415. The zero-order chi connectivity index (χ0) is 24.0. The molecule has 3 rings (SSSR count). The molecule has 2 N–H and O–H groups in total. The molecule has 0 fully saturated rings. The maximum Gasteiger partial charge on any atom is 0.253 e. The Morgan fingerprint density at radius 2 is 1.88 bits per heavy atom. The Morgan fingerprint density at radius 3 is 2.52 bits per heavy atom. The molecule has 174 valence electrons. The summed E-state index contributed by atoms with van der Waals surface area (Å²) in [6.45, 7) is 6.46. The van der Waals surface area contributed by atoms with Crippen molar-refractivity contribution < 1.29 is 9.59 Å². The second-order valence-corrected chi connectivity index (χ2v) is 9.10. The van der Waals surface area contributed by atoms with E-state index in [0.717, 1.165) is 0 Å². The second-order valence-electron chi connectivity index (χ2n) is 7.31. The van der Waals surface area contributed by atoms with Gasteiger partial charge in [-0.3, -0.25) is 14.9 Å². The number of rotatable bonds is 9. The van der Waals surface area contributed by atoms with Crippen LogP contribution in [-0.2, 0) is 11.3 Å². The van der Waals surface area contributed by atoms with Gasteiger partial charge in [-0.15, -0.1) is 10.2 Å². The van der Waals surface area contributed by atoms with Crippen LogP contribution in [0.5, 0.6) is 0 Å². The van der Waals surface area contributed by atoms with E-state index in [-0.39, 0.29) is 34.5 Å². The highest BCUT2D eigenvalue weighted by molar-refractivity contribution is 7.99. The summed E-state index contributed by atoms with van der Waals surface area (Å²) in [7, 11) is 0. The third kappa shape index (κ3) is 6.43. The van der Waals surface area contributed by atoms with Gasteiger partial charge in [-0.2, -0.15) is 0 Å². The zero-order valence-electron chi connectivity index (χ0n) is 18.2. The number of hydrogen-bond acceptors (Lipinski definition) is 7. The van der Waals surface area contributed by atoms with Gasteiger partial charge in [0.15, 0.2) is 11.0 Å². The van der Waals surface area contributed by atoms with E-state index in [9.17, 15) is 9.59 Å². The highest BCUT2D eigenvalue weighted by Gasteiger charge is 2.27. The number of thioether (sulfide) groups is 1. The van der Waals surface area contributed by atoms with Gasteiger partial charge in [0.25, 0.3) is 5.91 Å². The molecule has 1 atom stereocenters. The topological polar surface area (TPSA) is 115 Å². The van der Waals surface area contributed by atoms with Crippen LogP contribution in [0.1, 0.15) is 43.0 Å². The summed E-state index contributed by atoms with van der Waals surface area (Å²) in [6, 6.07) is 5.97. The predicted octanol–water partition coefficient (Wildman–Crippen LogP) is 4.25. The first kappa shape index (κ1) is 24.9. The standard InChI is InChI=1S/C21H23Cl2N7O2S/c1-4-30-18(17(12(2)3)27-19(32)14-7-6-13(22)10-15(14)23)28-29-21(30)33-11-16(31)26-20-24-8-5-9-25-20/h5-10,12,17H,4,11H2,1-3H3,(H,27,32)(H,24,25,26,31)/t17-/m0/s1. The lowest BCUT2D eigenvalue weighted by molar-refractivity contribution is -0.113. The van der Waals surface area contributed by atoms with Crippen LogP contribution >= 0.6 is 35.0 Å². The molecule has 2 amide bonds. The van der Waals surface area contributed by atoms with E-state index < -0.39 is 6.04 Å². The molecule has 0 aliphatic heterocycles. The van der Waals surface area contributed by atoms with Crippen LogP contribution in [0.15, 0.2) is 41.8 Å². The number of aromatic nitrogens is 5. The van der Waals surface area contributed by atoms with E-state index >= 15 is 0 Å². The molecule has 0 aliphatic carbocycles. The van der Waals surface area contributed by atoms with Gasteiger partial charge in [0.1, 0.15) is 0 Å². The van der Waals surface area contributed by atoms with E-state index in [4.69, 9.17) is 23.2 Å². The van der Waals surface area contributed by atoms with Crippen LogP contribution in [0, 0.1) is 5.92 Å². The van der Waals surface area contributed by atoms with Gasteiger partial charge in [0, 0.05) is 24.0 Å². The molecule has 0 saturated carbocycles. The average molecular weight is 508 g/mol. The number of halogens is 2. The smallest absolute Gasteiger partial charge is 0.253 e. The zero-order valence-corrected chi connectivity index (χ0v) is 20.6. The maximum absolute atomic E-state index is 12.9. The molecule has 3 aromatic rings. The lowest BCUT2D eigenvalue weighted by Crippen LogP contribution is -2.34. The van der Waals surface area contributed by atoms with Crippen molar-refractivity contribution in [2.24, 2.45) is 5.92 Å². The number of benzene rings is 1. The first-order valence-corrected chi connectivity index (χ1v) is 11.9. The Morgan fingerprint density at radius 1 is 1.15 bits per heavy atom. The maximum atomic E-state index is 12.9. The number of anilines is 1. The van der Waals surface area contributed by atoms with Crippen LogP contribution in [0.2, 0.25) is 10.0 Å². The summed E-state index contributed by atoms with van der Waals surface area (Å²) in [4.78, 5) is 33.1. The summed E-state index contributed by atoms with van der Waals surface area (Å²) < 4.78 is 1.88. The SMILES string of the molecule is CCn1c(SCC(=O)Nc2ncccn2)nnc1[C@@H](NC(=O)c1ccc(Cl)cc1Cl)C(C)C. The Bertz CT molecular complexity index is 1130. The monoisotopic (exact) mass is 507 g/mol. The third-order valence-electron chi connectivity index (χ3n) is 4.62. The summed E-state index contributed by atoms with van der Waals surface area (Å²) in [5, 5.41) is 15.5. The van der Waals surface area contributed by atoms with Crippen molar-refractivity contribution in [1.29, 1.82) is 0 Å². The molecule has 0 aliphatic rings. The van der Waals surface area contributed by atoms with Crippen molar-refractivity contribution in [1.82, 2.24) is 30.0 Å². The second kappa shape index (κ2) is 11.4. The first-order valence-electron chi connectivity index (χ1n) is 10.2. The fourth-order valence-corrected chi connectivity index (χ4v) is 4.31. The number of hydrogen-bond donors (Lipinski definition) is 2. The van der Waals surface area contributed by atoms with Crippen LogP contribution in [0.25, 0.3) is 0 Å². The van der Waals surface area contributed by atoms with Crippen molar-refractivity contribution in [3.8, 4) is 0 Å². The molecular formula is C21H23Cl2N7O2S. The van der Waals surface area contributed by atoms with Crippen molar-refractivity contribution in [3.05, 3.63) is 58.1 Å². The van der Waals surface area contributed by atoms with Crippen molar-refractivity contribution >= 4 is 52.7 Å². The predicted molar refractivity (Wildman–Crippen MR) is 129 cm³/mol. The number of carbonyl (C=O) groups is 2. The molecule has 0 bridgehead atoms. The minimum atomic E-state index is -0.419. The van der Waals surface area contributed by atoms with Crippen LogP contribution in [0.4, 0.5) is 5.95 Å². The van der Waals surface area contributed by atoms with E-state index in [1.165, 1.54) is 17.8 Å². The van der Waals surface area contributed by atoms with Gasteiger partial charge < -0.3 is 9.88 Å². The normalized spacial score (nSPS) is 11.9. The molecule has 33 heavy (non-hydrogen) atoms. The molecule has 0 unspecified atom stereocenters. The Labute approximate surface area is 205 Å². The molecule has 2 heterocycles. The summed E-state index contributed by atoms with van der Waals surface area (Å²) in [5.74, 6) is 0.368. The fraction of sp³-hybridized carbons (Fsp3) is 0.333. The van der Waals surface area contributed by atoms with Gasteiger partial charge in [-0.05, 0) is 37.1 Å². The highest BCUT2D eigenvalue weighted by atomic mass is 35.5. The van der Waals surface area contributed by atoms with E-state index in [0.29, 0.717) is 28.1 Å². The Balaban J connectivity index is 1.73. The van der Waals surface area contributed by atoms with Crippen molar-refractivity contribution in [2.75, 3.05) is 11.1 Å². The van der Waals surface area contributed by atoms with Crippen molar-refractivity contribution in [3.63, 3.8) is 0 Å². The number of nitrogens with one attached hydrogen (secondary N) is 2. The van der Waals surface area contributed by atoms with Gasteiger partial charge in [0.2, 0.25) is 11.9 Å². The molecular weight excluding hydrogens is 485 g/mol.